The van der Waals surface area contributed by atoms with Gasteiger partial charge in [0.25, 0.3) is 5.56 Å². The van der Waals surface area contributed by atoms with E-state index in [4.69, 9.17) is 0 Å². The molecule has 0 saturated carbocycles. The largest absolute Gasteiger partial charge is 0.359 e. The van der Waals surface area contributed by atoms with Crippen molar-refractivity contribution in [3.8, 4) is 0 Å². The summed E-state index contributed by atoms with van der Waals surface area (Å²) in [5.74, 6) is 2.11. The molecule has 17 heavy (non-hydrogen) atoms. The van der Waals surface area contributed by atoms with Crippen molar-refractivity contribution >= 4 is 5.82 Å². The SMILES string of the molecule is Cc1nc(N(C)CC2CCN(C)C2)cc(=O)[nH]1. The Morgan fingerprint density at radius 1 is 1.65 bits per heavy atom. The van der Waals surface area contributed by atoms with Crippen LogP contribution in [0, 0.1) is 12.8 Å². The summed E-state index contributed by atoms with van der Waals surface area (Å²) >= 11 is 0. The maximum atomic E-state index is 11.4. The van der Waals surface area contributed by atoms with Crippen LogP contribution in [0.2, 0.25) is 0 Å². The number of likely N-dealkylation sites (tertiary alicyclic amines) is 1. The number of aromatic amines is 1. The van der Waals surface area contributed by atoms with E-state index in [-0.39, 0.29) is 5.56 Å². The van der Waals surface area contributed by atoms with Gasteiger partial charge in [-0.2, -0.15) is 0 Å². The minimum absolute atomic E-state index is 0.0807. The highest BCUT2D eigenvalue weighted by atomic mass is 16.1. The zero-order chi connectivity index (χ0) is 12.4. The number of nitrogens with zero attached hydrogens (tertiary/aromatic N) is 3. The third kappa shape index (κ3) is 3.06. The first-order valence-corrected chi connectivity index (χ1v) is 6.02. The molecule has 1 aromatic rings. The smallest absolute Gasteiger partial charge is 0.252 e. The summed E-state index contributed by atoms with van der Waals surface area (Å²) in [5.41, 5.74) is -0.0807. The molecule has 2 heterocycles. The first-order valence-electron chi connectivity index (χ1n) is 6.02. The van der Waals surface area contributed by atoms with E-state index in [0.717, 1.165) is 18.9 Å². The van der Waals surface area contributed by atoms with Gasteiger partial charge in [0.15, 0.2) is 0 Å². The highest BCUT2D eigenvalue weighted by Crippen LogP contribution is 2.17. The van der Waals surface area contributed by atoms with Gasteiger partial charge in [-0.25, -0.2) is 4.98 Å². The van der Waals surface area contributed by atoms with Crippen molar-refractivity contribution in [3.63, 3.8) is 0 Å². The highest BCUT2D eigenvalue weighted by Gasteiger charge is 2.21. The van der Waals surface area contributed by atoms with E-state index < -0.39 is 0 Å². The number of rotatable bonds is 3. The van der Waals surface area contributed by atoms with Gasteiger partial charge < -0.3 is 14.8 Å². The molecule has 2 rings (SSSR count). The standard InChI is InChI=1S/C12H20N4O/c1-9-13-11(6-12(17)14-9)16(3)8-10-4-5-15(2)7-10/h6,10H,4-5,7-8H2,1-3H3,(H,13,14,17). The monoisotopic (exact) mass is 236 g/mol. The van der Waals surface area contributed by atoms with Crippen LogP contribution in [0.4, 0.5) is 5.82 Å². The lowest BCUT2D eigenvalue weighted by Gasteiger charge is -2.22. The van der Waals surface area contributed by atoms with Crippen molar-refractivity contribution in [1.82, 2.24) is 14.9 Å². The molecule has 1 aromatic heterocycles. The Kier molecular flexibility index (Phi) is 3.47. The van der Waals surface area contributed by atoms with Gasteiger partial charge in [0.2, 0.25) is 0 Å². The number of H-pyrrole nitrogens is 1. The third-order valence-corrected chi connectivity index (χ3v) is 3.26. The fourth-order valence-corrected chi connectivity index (χ4v) is 2.42. The Hall–Kier alpha value is -1.36. The number of hydrogen-bond acceptors (Lipinski definition) is 4. The van der Waals surface area contributed by atoms with Crippen LogP contribution >= 0.6 is 0 Å². The fraction of sp³-hybridized carbons (Fsp3) is 0.667. The van der Waals surface area contributed by atoms with E-state index in [9.17, 15) is 4.79 Å². The first-order chi connectivity index (χ1) is 8.04. The summed E-state index contributed by atoms with van der Waals surface area (Å²) in [4.78, 5) is 22.8. The molecule has 0 aromatic carbocycles. The van der Waals surface area contributed by atoms with Crippen LogP contribution in [0.1, 0.15) is 12.2 Å². The minimum atomic E-state index is -0.0807. The average Bonchev–Trinajstić information content (AvgIpc) is 2.62. The second kappa shape index (κ2) is 4.87. The molecule has 1 aliphatic rings. The average molecular weight is 236 g/mol. The van der Waals surface area contributed by atoms with Crippen molar-refractivity contribution in [2.24, 2.45) is 5.92 Å². The van der Waals surface area contributed by atoms with Crippen molar-refractivity contribution in [2.45, 2.75) is 13.3 Å². The van der Waals surface area contributed by atoms with E-state index in [1.165, 1.54) is 13.0 Å². The molecule has 0 amide bonds. The second-order valence-corrected chi connectivity index (χ2v) is 4.99. The summed E-state index contributed by atoms with van der Waals surface area (Å²) < 4.78 is 0. The van der Waals surface area contributed by atoms with Gasteiger partial charge in [-0.3, -0.25) is 4.79 Å². The summed E-state index contributed by atoms with van der Waals surface area (Å²) in [7, 11) is 4.15. The van der Waals surface area contributed by atoms with E-state index >= 15 is 0 Å². The molecule has 0 spiro atoms. The maximum absolute atomic E-state index is 11.4. The van der Waals surface area contributed by atoms with Crippen LogP contribution in [0.3, 0.4) is 0 Å². The van der Waals surface area contributed by atoms with E-state index in [0.29, 0.717) is 11.7 Å². The van der Waals surface area contributed by atoms with E-state index in [1.807, 2.05) is 14.0 Å². The molecule has 0 bridgehead atoms. The minimum Gasteiger partial charge on any atom is -0.359 e. The van der Waals surface area contributed by atoms with Gasteiger partial charge in [-0.15, -0.1) is 0 Å². The third-order valence-electron chi connectivity index (χ3n) is 3.26. The Labute approximate surface area is 101 Å². The fourth-order valence-electron chi connectivity index (χ4n) is 2.42. The summed E-state index contributed by atoms with van der Waals surface area (Å²) in [6.07, 6.45) is 1.23. The van der Waals surface area contributed by atoms with Gasteiger partial charge in [0.1, 0.15) is 11.6 Å². The Bertz CT molecular complexity index is 442. The Morgan fingerprint density at radius 3 is 3.00 bits per heavy atom. The molecule has 5 nitrogen and oxygen atoms in total. The van der Waals surface area contributed by atoms with Crippen LogP contribution < -0.4 is 10.5 Å². The summed E-state index contributed by atoms with van der Waals surface area (Å²) in [6, 6.07) is 1.56. The van der Waals surface area contributed by atoms with Crippen molar-refractivity contribution in [3.05, 3.63) is 22.2 Å². The molecule has 1 saturated heterocycles. The Balaban J connectivity index is 2.04. The lowest BCUT2D eigenvalue weighted by atomic mass is 10.1. The van der Waals surface area contributed by atoms with Gasteiger partial charge >= 0.3 is 0 Å². The molecule has 94 valence electrons. The zero-order valence-corrected chi connectivity index (χ0v) is 10.7. The molecule has 1 aliphatic heterocycles. The van der Waals surface area contributed by atoms with E-state index in [2.05, 4.69) is 26.8 Å². The predicted octanol–water partition coefficient (Wildman–Crippen LogP) is 0.466. The molecule has 1 unspecified atom stereocenters. The van der Waals surface area contributed by atoms with Crippen LogP contribution in [-0.2, 0) is 0 Å². The molecule has 1 fully saturated rings. The molecule has 5 heteroatoms. The highest BCUT2D eigenvalue weighted by molar-refractivity contribution is 5.36. The molecule has 0 radical (unpaired) electrons. The van der Waals surface area contributed by atoms with Crippen molar-refractivity contribution < 1.29 is 0 Å². The van der Waals surface area contributed by atoms with Gasteiger partial charge in [-0.05, 0) is 32.9 Å². The lowest BCUT2D eigenvalue weighted by molar-refractivity contribution is 0.395. The number of nitrogens with one attached hydrogen (secondary N) is 1. The lowest BCUT2D eigenvalue weighted by Crippen LogP contribution is -2.29. The van der Waals surface area contributed by atoms with E-state index in [1.54, 1.807) is 6.07 Å². The normalized spacial score (nSPS) is 20.8. The van der Waals surface area contributed by atoms with Gasteiger partial charge in [0.05, 0.1) is 0 Å². The second-order valence-electron chi connectivity index (χ2n) is 4.99. The zero-order valence-electron chi connectivity index (χ0n) is 10.7. The number of hydrogen-bond donors (Lipinski definition) is 1. The summed E-state index contributed by atoms with van der Waals surface area (Å²) in [5, 5.41) is 0. The quantitative estimate of drug-likeness (QED) is 0.828. The van der Waals surface area contributed by atoms with Gasteiger partial charge in [-0.1, -0.05) is 0 Å². The predicted molar refractivity (Wildman–Crippen MR) is 68.5 cm³/mol. The number of aryl methyl sites for hydroxylation is 1. The van der Waals surface area contributed by atoms with Crippen LogP contribution in [-0.4, -0.2) is 48.6 Å². The Morgan fingerprint density at radius 2 is 2.41 bits per heavy atom. The van der Waals surface area contributed by atoms with Crippen LogP contribution in [0.5, 0.6) is 0 Å². The number of aromatic nitrogens is 2. The summed E-state index contributed by atoms with van der Waals surface area (Å²) in [6.45, 7) is 5.06. The maximum Gasteiger partial charge on any atom is 0.252 e. The van der Waals surface area contributed by atoms with Gasteiger partial charge in [0, 0.05) is 26.2 Å². The molecular formula is C12H20N4O. The molecule has 1 N–H and O–H groups in total. The topological polar surface area (TPSA) is 52.2 Å². The molecule has 1 atom stereocenters. The van der Waals surface area contributed by atoms with Crippen LogP contribution in [0.15, 0.2) is 10.9 Å². The van der Waals surface area contributed by atoms with Crippen LogP contribution in [0.25, 0.3) is 0 Å². The van der Waals surface area contributed by atoms with Crippen molar-refractivity contribution in [1.29, 1.82) is 0 Å². The molecule has 0 aliphatic carbocycles. The van der Waals surface area contributed by atoms with Crippen molar-refractivity contribution in [2.75, 3.05) is 38.6 Å². The first kappa shape index (κ1) is 12.1. The molecular weight excluding hydrogens is 216 g/mol. The number of anilines is 1.